The molecule has 92 valence electrons. The summed E-state index contributed by atoms with van der Waals surface area (Å²) >= 11 is 0. The second-order valence-electron chi connectivity index (χ2n) is 3.73. The number of hydrogen-bond donors (Lipinski definition) is 2. The predicted molar refractivity (Wildman–Crippen MR) is 69.2 cm³/mol. The van der Waals surface area contributed by atoms with Gasteiger partial charge in [-0.1, -0.05) is 0 Å². The minimum atomic E-state index is -0.423. The average molecular weight is 235 g/mol. The first-order valence-corrected chi connectivity index (χ1v) is 5.28. The summed E-state index contributed by atoms with van der Waals surface area (Å²) in [6.45, 7) is 2.18. The van der Waals surface area contributed by atoms with Crippen LogP contribution in [0.1, 0.15) is 23.7 Å². The molecule has 0 amide bonds. The van der Waals surface area contributed by atoms with Crippen LogP contribution < -0.4 is 11.5 Å². The van der Waals surface area contributed by atoms with Gasteiger partial charge in [-0.2, -0.15) is 0 Å². The van der Waals surface area contributed by atoms with Gasteiger partial charge in [-0.05, 0) is 25.1 Å². The number of nitrogens with zero attached hydrogens (tertiary/aromatic N) is 1. The average Bonchev–Trinajstić information content (AvgIpc) is 2.27. The van der Waals surface area contributed by atoms with Crippen LogP contribution in [-0.2, 0) is 4.74 Å². The van der Waals surface area contributed by atoms with Gasteiger partial charge in [-0.3, -0.25) is 4.99 Å². The van der Waals surface area contributed by atoms with Gasteiger partial charge in [0.1, 0.15) is 0 Å². The molecule has 0 aliphatic heterocycles. The number of aliphatic imine (C=N–C) groups is 1. The van der Waals surface area contributed by atoms with Gasteiger partial charge >= 0.3 is 5.97 Å². The molecule has 0 atom stereocenters. The molecule has 5 nitrogen and oxygen atoms in total. The Morgan fingerprint density at radius 3 is 2.41 bits per heavy atom. The molecule has 0 saturated carbocycles. The zero-order valence-electron chi connectivity index (χ0n) is 10.1. The van der Waals surface area contributed by atoms with Crippen molar-refractivity contribution in [2.24, 2.45) is 4.99 Å². The summed E-state index contributed by atoms with van der Waals surface area (Å²) < 4.78 is 5.08. The Morgan fingerprint density at radius 1 is 1.29 bits per heavy atom. The number of hydrogen-bond acceptors (Lipinski definition) is 5. The van der Waals surface area contributed by atoms with Gasteiger partial charge < -0.3 is 16.2 Å². The van der Waals surface area contributed by atoms with Crippen molar-refractivity contribution in [3.05, 3.63) is 23.8 Å². The lowest BCUT2D eigenvalue weighted by atomic mass is 10.2. The monoisotopic (exact) mass is 235 g/mol. The molecule has 0 aromatic heterocycles. The summed E-state index contributed by atoms with van der Waals surface area (Å²) in [5.74, 6) is -0.423. The zero-order valence-corrected chi connectivity index (χ0v) is 10.1. The quantitative estimate of drug-likeness (QED) is 0.470. The first-order chi connectivity index (χ1) is 8.02. The highest BCUT2D eigenvalue weighted by molar-refractivity contribution is 5.92. The standard InChI is InChI=1S/C12H17N3O2/c1-8(15-2)3-4-17-12(16)9-5-10(13)7-11(14)6-9/h5-7H,3-4,13-14H2,1-2H3. The normalized spacial score (nSPS) is 11.3. The molecule has 5 heteroatoms. The summed E-state index contributed by atoms with van der Waals surface area (Å²) in [7, 11) is 1.70. The van der Waals surface area contributed by atoms with Crippen LogP contribution in [0.25, 0.3) is 0 Å². The SMILES string of the molecule is CN=C(C)CCOC(=O)c1cc(N)cc(N)c1. The molecule has 0 bridgehead atoms. The van der Waals surface area contributed by atoms with Crippen LogP contribution in [0, 0.1) is 0 Å². The largest absolute Gasteiger partial charge is 0.462 e. The number of ether oxygens (including phenoxy) is 1. The van der Waals surface area contributed by atoms with Crippen molar-refractivity contribution < 1.29 is 9.53 Å². The molecule has 0 unspecified atom stereocenters. The van der Waals surface area contributed by atoms with Crippen LogP contribution >= 0.6 is 0 Å². The Morgan fingerprint density at radius 2 is 1.88 bits per heavy atom. The topological polar surface area (TPSA) is 90.7 Å². The molecule has 1 rings (SSSR count). The van der Waals surface area contributed by atoms with E-state index in [2.05, 4.69) is 4.99 Å². The lowest BCUT2D eigenvalue weighted by molar-refractivity contribution is 0.0516. The van der Waals surface area contributed by atoms with Crippen LogP contribution in [0.2, 0.25) is 0 Å². The van der Waals surface area contributed by atoms with Gasteiger partial charge in [0.2, 0.25) is 0 Å². The smallest absolute Gasteiger partial charge is 0.338 e. The molecule has 0 aliphatic rings. The maximum absolute atomic E-state index is 11.6. The first-order valence-electron chi connectivity index (χ1n) is 5.28. The Bertz CT molecular complexity index is 421. The fraction of sp³-hybridized carbons (Fsp3) is 0.333. The highest BCUT2D eigenvalue weighted by atomic mass is 16.5. The van der Waals surface area contributed by atoms with Gasteiger partial charge in [-0.25, -0.2) is 4.79 Å². The van der Waals surface area contributed by atoms with Crippen LogP contribution in [-0.4, -0.2) is 25.3 Å². The molecule has 1 aromatic carbocycles. The molecule has 17 heavy (non-hydrogen) atoms. The Labute approximate surface area is 100 Å². The number of anilines is 2. The number of benzene rings is 1. The Balaban J connectivity index is 2.58. The van der Waals surface area contributed by atoms with Gasteiger partial charge in [0, 0.05) is 30.6 Å². The summed E-state index contributed by atoms with van der Waals surface area (Å²) in [6.07, 6.45) is 0.625. The Kier molecular flexibility index (Phi) is 4.51. The van der Waals surface area contributed by atoms with E-state index in [0.29, 0.717) is 30.0 Å². The third kappa shape index (κ3) is 4.14. The number of nitrogens with two attached hydrogens (primary N) is 2. The number of carbonyl (C=O) groups excluding carboxylic acids is 1. The van der Waals surface area contributed by atoms with Crippen molar-refractivity contribution in [3.8, 4) is 0 Å². The van der Waals surface area contributed by atoms with Crippen molar-refractivity contribution in [1.82, 2.24) is 0 Å². The molecule has 1 aromatic rings. The second kappa shape index (κ2) is 5.89. The molecule has 0 spiro atoms. The van der Waals surface area contributed by atoms with Gasteiger partial charge in [0.25, 0.3) is 0 Å². The van der Waals surface area contributed by atoms with E-state index in [0.717, 1.165) is 5.71 Å². The fourth-order valence-corrected chi connectivity index (χ4v) is 1.28. The van der Waals surface area contributed by atoms with E-state index in [1.165, 1.54) is 0 Å². The van der Waals surface area contributed by atoms with Crippen molar-refractivity contribution in [1.29, 1.82) is 0 Å². The third-order valence-electron chi connectivity index (χ3n) is 2.29. The lowest BCUT2D eigenvalue weighted by Crippen LogP contribution is -2.09. The van der Waals surface area contributed by atoms with E-state index in [-0.39, 0.29) is 0 Å². The van der Waals surface area contributed by atoms with E-state index in [1.54, 1.807) is 25.2 Å². The summed E-state index contributed by atoms with van der Waals surface area (Å²) in [6, 6.07) is 4.67. The molecule has 0 saturated heterocycles. The minimum Gasteiger partial charge on any atom is -0.462 e. The minimum absolute atomic E-state index is 0.302. The highest BCUT2D eigenvalue weighted by Gasteiger charge is 2.08. The van der Waals surface area contributed by atoms with Crippen molar-refractivity contribution in [3.63, 3.8) is 0 Å². The molecule has 4 N–H and O–H groups in total. The molecule has 0 heterocycles. The molecular formula is C12H17N3O2. The number of rotatable bonds is 4. The van der Waals surface area contributed by atoms with Crippen molar-refractivity contribution in [2.45, 2.75) is 13.3 Å². The molecular weight excluding hydrogens is 218 g/mol. The highest BCUT2D eigenvalue weighted by Crippen LogP contribution is 2.14. The second-order valence-corrected chi connectivity index (χ2v) is 3.73. The third-order valence-corrected chi connectivity index (χ3v) is 2.29. The number of carbonyl (C=O) groups is 1. The van der Waals surface area contributed by atoms with Crippen molar-refractivity contribution >= 4 is 23.1 Å². The van der Waals surface area contributed by atoms with Gasteiger partial charge in [-0.15, -0.1) is 0 Å². The van der Waals surface area contributed by atoms with E-state index >= 15 is 0 Å². The Hall–Kier alpha value is -2.04. The summed E-state index contributed by atoms with van der Waals surface area (Å²) in [4.78, 5) is 15.6. The molecule has 0 fully saturated rings. The fourth-order valence-electron chi connectivity index (χ4n) is 1.28. The van der Waals surface area contributed by atoms with Crippen LogP contribution in [0.5, 0.6) is 0 Å². The number of esters is 1. The maximum Gasteiger partial charge on any atom is 0.338 e. The van der Waals surface area contributed by atoms with E-state index < -0.39 is 5.97 Å². The van der Waals surface area contributed by atoms with Crippen LogP contribution in [0.4, 0.5) is 11.4 Å². The first kappa shape index (κ1) is 13.0. The van der Waals surface area contributed by atoms with Gasteiger partial charge in [0.05, 0.1) is 12.2 Å². The van der Waals surface area contributed by atoms with Crippen LogP contribution in [0.15, 0.2) is 23.2 Å². The molecule has 0 aliphatic carbocycles. The maximum atomic E-state index is 11.6. The summed E-state index contributed by atoms with van der Waals surface area (Å²) in [5, 5.41) is 0. The number of nitrogen functional groups attached to an aromatic ring is 2. The summed E-state index contributed by atoms with van der Waals surface area (Å²) in [5.41, 5.74) is 13.4. The zero-order chi connectivity index (χ0) is 12.8. The van der Waals surface area contributed by atoms with E-state index in [1.807, 2.05) is 6.92 Å². The van der Waals surface area contributed by atoms with E-state index in [9.17, 15) is 4.79 Å². The lowest BCUT2D eigenvalue weighted by Gasteiger charge is -2.06. The van der Waals surface area contributed by atoms with E-state index in [4.69, 9.17) is 16.2 Å². The van der Waals surface area contributed by atoms with Crippen molar-refractivity contribution in [2.75, 3.05) is 25.1 Å². The van der Waals surface area contributed by atoms with Gasteiger partial charge in [0.15, 0.2) is 0 Å². The van der Waals surface area contributed by atoms with Crippen LogP contribution in [0.3, 0.4) is 0 Å². The molecule has 0 radical (unpaired) electrons. The predicted octanol–water partition coefficient (Wildman–Crippen LogP) is 1.49.